The minimum absolute atomic E-state index is 0.0637. The molecule has 1 aromatic carbocycles. The Labute approximate surface area is 125 Å². The molecule has 0 unspecified atom stereocenters. The van der Waals surface area contributed by atoms with Crippen molar-refractivity contribution in [2.75, 3.05) is 0 Å². The van der Waals surface area contributed by atoms with Gasteiger partial charge in [-0.25, -0.2) is 0 Å². The van der Waals surface area contributed by atoms with E-state index >= 15 is 0 Å². The van der Waals surface area contributed by atoms with Gasteiger partial charge in [0.2, 0.25) is 0 Å². The van der Waals surface area contributed by atoms with E-state index in [4.69, 9.17) is 12.2 Å². The lowest BCUT2D eigenvalue weighted by molar-refractivity contribution is -0.385. The summed E-state index contributed by atoms with van der Waals surface area (Å²) in [5, 5.41) is 13.6. The van der Waals surface area contributed by atoms with Crippen LogP contribution in [0.1, 0.15) is 30.9 Å². The Bertz CT molecular complexity index is 639. The van der Waals surface area contributed by atoms with Gasteiger partial charge in [0.25, 0.3) is 11.6 Å². The molecule has 0 saturated carbocycles. The number of carbonyl (C=O) groups is 1. The number of nitro benzene ring substituents is 1. The minimum atomic E-state index is -0.399. The predicted molar refractivity (Wildman–Crippen MR) is 83.5 cm³/mol. The molecule has 0 bridgehead atoms. The van der Waals surface area contributed by atoms with E-state index in [9.17, 15) is 14.9 Å². The van der Waals surface area contributed by atoms with E-state index in [-0.39, 0.29) is 17.5 Å². The highest BCUT2D eigenvalue weighted by atomic mass is 32.2. The van der Waals surface area contributed by atoms with Crippen LogP contribution in [0.2, 0.25) is 0 Å². The van der Waals surface area contributed by atoms with Gasteiger partial charge in [0.1, 0.15) is 4.32 Å². The normalized spacial score (nSPS) is 16.9. The summed E-state index contributed by atoms with van der Waals surface area (Å²) in [6.45, 7) is 3.80. The van der Waals surface area contributed by atoms with Gasteiger partial charge in [-0.05, 0) is 17.6 Å². The van der Waals surface area contributed by atoms with E-state index in [1.54, 1.807) is 18.2 Å². The van der Waals surface area contributed by atoms with E-state index in [0.717, 1.165) is 11.8 Å². The molecule has 1 saturated heterocycles. The van der Waals surface area contributed by atoms with Crippen LogP contribution in [0.3, 0.4) is 0 Å². The average Bonchev–Trinajstić information content (AvgIpc) is 2.67. The summed E-state index contributed by atoms with van der Waals surface area (Å²) in [6, 6.07) is 4.98. The molecule has 1 aromatic rings. The molecule has 7 heteroatoms. The second-order valence-corrected chi connectivity index (χ2v) is 6.30. The van der Waals surface area contributed by atoms with Gasteiger partial charge in [-0.1, -0.05) is 50.0 Å². The molecule has 20 heavy (non-hydrogen) atoms. The molecule has 0 spiro atoms. The molecule has 0 aliphatic carbocycles. The Morgan fingerprint density at radius 3 is 2.65 bits per heavy atom. The quantitative estimate of drug-likeness (QED) is 0.402. The van der Waals surface area contributed by atoms with Gasteiger partial charge >= 0.3 is 0 Å². The van der Waals surface area contributed by atoms with E-state index in [2.05, 4.69) is 5.32 Å². The first-order valence-corrected chi connectivity index (χ1v) is 7.14. The summed E-state index contributed by atoms with van der Waals surface area (Å²) in [5.74, 6) is -0.204. The standard InChI is InChI=1S/C13H12N2O3S2/c1-7(2)9-4-3-8(5-10(9)15(17)18)6-11-12(16)14-13(19)20-11/h3-7H,1-2H3,(H,14,16,19)/b11-6-. The zero-order valence-corrected chi connectivity index (χ0v) is 12.5. The first-order valence-electron chi connectivity index (χ1n) is 5.91. The molecule has 1 heterocycles. The number of nitrogens with zero attached hydrogens (tertiary/aromatic N) is 1. The van der Waals surface area contributed by atoms with Gasteiger partial charge in [0, 0.05) is 11.6 Å². The van der Waals surface area contributed by atoms with Gasteiger partial charge < -0.3 is 5.32 Å². The van der Waals surface area contributed by atoms with E-state index in [1.807, 2.05) is 13.8 Å². The molecular formula is C13H12N2O3S2. The van der Waals surface area contributed by atoms with Crippen LogP contribution >= 0.6 is 24.0 Å². The van der Waals surface area contributed by atoms with Crippen LogP contribution in [0.25, 0.3) is 6.08 Å². The number of nitrogens with one attached hydrogen (secondary N) is 1. The van der Waals surface area contributed by atoms with Gasteiger partial charge in [0.15, 0.2) is 0 Å². The van der Waals surface area contributed by atoms with Crippen molar-refractivity contribution in [3.63, 3.8) is 0 Å². The third-order valence-electron chi connectivity index (χ3n) is 2.81. The van der Waals surface area contributed by atoms with Crippen molar-refractivity contribution in [3.05, 3.63) is 44.3 Å². The molecule has 1 fully saturated rings. The molecule has 5 nitrogen and oxygen atoms in total. The molecule has 0 radical (unpaired) electrons. The van der Waals surface area contributed by atoms with Crippen molar-refractivity contribution in [1.82, 2.24) is 5.32 Å². The molecule has 1 N–H and O–H groups in total. The van der Waals surface area contributed by atoms with E-state index in [0.29, 0.717) is 20.4 Å². The number of carbonyl (C=O) groups excluding carboxylic acids is 1. The predicted octanol–water partition coefficient (Wildman–Crippen LogP) is 3.21. The van der Waals surface area contributed by atoms with Crippen molar-refractivity contribution in [1.29, 1.82) is 0 Å². The van der Waals surface area contributed by atoms with Crippen LogP contribution in [0.5, 0.6) is 0 Å². The SMILES string of the molecule is CC(C)c1ccc(/C=C2\SC(=S)NC2=O)cc1[N+](=O)[O-]. The number of thioether (sulfide) groups is 1. The third kappa shape index (κ3) is 3.05. The molecule has 1 aliphatic rings. The fourth-order valence-corrected chi connectivity index (χ4v) is 2.91. The fourth-order valence-electron chi connectivity index (χ4n) is 1.87. The number of hydrogen-bond acceptors (Lipinski definition) is 5. The van der Waals surface area contributed by atoms with Gasteiger partial charge in [0.05, 0.1) is 9.83 Å². The van der Waals surface area contributed by atoms with Gasteiger partial charge in [-0.2, -0.15) is 0 Å². The van der Waals surface area contributed by atoms with Crippen molar-refractivity contribution >= 4 is 46.0 Å². The Kier molecular flexibility index (Phi) is 4.20. The largest absolute Gasteiger partial charge is 0.307 e. The van der Waals surface area contributed by atoms with Crippen LogP contribution in [0.4, 0.5) is 5.69 Å². The number of rotatable bonds is 3. The van der Waals surface area contributed by atoms with E-state index in [1.165, 1.54) is 6.07 Å². The molecule has 1 aliphatic heterocycles. The topological polar surface area (TPSA) is 72.2 Å². The highest BCUT2D eigenvalue weighted by Crippen LogP contribution is 2.30. The summed E-state index contributed by atoms with van der Waals surface area (Å²) in [4.78, 5) is 22.7. The van der Waals surface area contributed by atoms with Gasteiger partial charge in [-0.3, -0.25) is 14.9 Å². The Morgan fingerprint density at radius 1 is 1.45 bits per heavy atom. The molecular weight excluding hydrogens is 296 g/mol. The monoisotopic (exact) mass is 308 g/mol. The number of thiocarbonyl (C=S) groups is 1. The average molecular weight is 308 g/mol. The highest BCUT2D eigenvalue weighted by Gasteiger charge is 2.23. The van der Waals surface area contributed by atoms with Crippen LogP contribution in [0.15, 0.2) is 23.1 Å². The number of benzene rings is 1. The van der Waals surface area contributed by atoms with Crippen molar-refractivity contribution in [2.45, 2.75) is 19.8 Å². The number of hydrogen-bond donors (Lipinski definition) is 1. The van der Waals surface area contributed by atoms with Crippen molar-refractivity contribution in [3.8, 4) is 0 Å². The van der Waals surface area contributed by atoms with Crippen LogP contribution in [-0.2, 0) is 4.79 Å². The van der Waals surface area contributed by atoms with Crippen LogP contribution in [-0.4, -0.2) is 15.2 Å². The maximum atomic E-state index is 11.6. The summed E-state index contributed by atoms with van der Waals surface area (Å²) >= 11 is 6.05. The first-order chi connectivity index (χ1) is 9.38. The third-order valence-corrected chi connectivity index (χ3v) is 3.98. The lowest BCUT2D eigenvalue weighted by Gasteiger charge is -2.07. The summed E-state index contributed by atoms with van der Waals surface area (Å²) < 4.78 is 0.398. The number of amides is 1. The summed E-state index contributed by atoms with van der Waals surface area (Å²) in [5.41, 5.74) is 1.36. The van der Waals surface area contributed by atoms with Crippen molar-refractivity contribution in [2.24, 2.45) is 0 Å². The van der Waals surface area contributed by atoms with Crippen molar-refractivity contribution < 1.29 is 9.72 Å². The Hall–Kier alpha value is -1.73. The Balaban J connectivity index is 2.42. The zero-order valence-electron chi connectivity index (χ0n) is 10.9. The first kappa shape index (κ1) is 14.7. The number of nitro groups is 1. The summed E-state index contributed by atoms with van der Waals surface area (Å²) in [6.07, 6.45) is 1.61. The minimum Gasteiger partial charge on any atom is -0.307 e. The van der Waals surface area contributed by atoms with Crippen LogP contribution in [0, 0.1) is 10.1 Å². The molecule has 1 amide bonds. The molecule has 0 aromatic heterocycles. The molecule has 104 valence electrons. The lowest BCUT2D eigenvalue weighted by atomic mass is 9.99. The van der Waals surface area contributed by atoms with Crippen LogP contribution < -0.4 is 5.32 Å². The second kappa shape index (κ2) is 5.72. The second-order valence-electron chi connectivity index (χ2n) is 4.58. The smallest absolute Gasteiger partial charge is 0.273 e. The van der Waals surface area contributed by atoms with Gasteiger partial charge in [-0.15, -0.1) is 0 Å². The summed E-state index contributed by atoms with van der Waals surface area (Å²) in [7, 11) is 0. The Morgan fingerprint density at radius 2 is 2.15 bits per heavy atom. The van der Waals surface area contributed by atoms with E-state index < -0.39 is 4.92 Å². The maximum Gasteiger partial charge on any atom is 0.273 e. The molecule has 0 atom stereocenters. The maximum absolute atomic E-state index is 11.6. The lowest BCUT2D eigenvalue weighted by Crippen LogP contribution is -2.17. The highest BCUT2D eigenvalue weighted by molar-refractivity contribution is 8.26. The fraction of sp³-hybridized carbons (Fsp3) is 0.231. The zero-order chi connectivity index (χ0) is 14.9. The molecule has 2 rings (SSSR count).